The highest BCUT2D eigenvalue weighted by atomic mass is 32.1. The number of methoxy groups -OCH3 is 2. The first kappa shape index (κ1) is 19.8. The first-order chi connectivity index (χ1) is 13.9. The van der Waals surface area contributed by atoms with Crippen LogP contribution in [0.4, 0.5) is 0 Å². The normalized spacial score (nSPS) is 19.6. The molecule has 0 saturated carbocycles. The lowest BCUT2D eigenvalue weighted by atomic mass is 9.92. The Labute approximate surface area is 175 Å². The number of aryl methyl sites for hydroxylation is 1. The van der Waals surface area contributed by atoms with Gasteiger partial charge in [-0.2, -0.15) is 5.10 Å². The monoisotopic (exact) mass is 413 g/mol. The molecule has 1 fully saturated rings. The highest BCUT2D eigenvalue weighted by Crippen LogP contribution is 2.38. The van der Waals surface area contributed by atoms with Crippen molar-refractivity contribution in [3.8, 4) is 22.8 Å². The van der Waals surface area contributed by atoms with E-state index in [0.717, 1.165) is 39.4 Å². The largest absolute Gasteiger partial charge is 0.493 e. The number of aromatic nitrogens is 2. The van der Waals surface area contributed by atoms with Gasteiger partial charge in [0.1, 0.15) is 10.5 Å². The van der Waals surface area contributed by atoms with Gasteiger partial charge in [0.2, 0.25) is 0 Å². The molecule has 1 saturated heterocycles. The smallest absolute Gasteiger partial charge is 0.264 e. The predicted octanol–water partition coefficient (Wildman–Crippen LogP) is 4.44. The molecule has 0 N–H and O–H groups in total. The third-order valence-electron chi connectivity index (χ3n) is 5.54. The minimum atomic E-state index is 0.128. The summed E-state index contributed by atoms with van der Waals surface area (Å²) in [7, 11) is 5.16. The van der Waals surface area contributed by atoms with E-state index in [-0.39, 0.29) is 5.91 Å². The second-order valence-electron chi connectivity index (χ2n) is 8.03. The topological polar surface area (TPSA) is 56.6 Å². The standard InChI is InChI=1S/C22H27N3O3S/c1-13-8-14(2)12-25(11-13)21(26)19-10-16-20(23-24(3)22(16)29-19)15-6-7-17(27-4)18(9-15)28-5/h6-7,9-10,13-14H,8,11-12H2,1-5H3/t13-,14+. The zero-order valence-electron chi connectivity index (χ0n) is 17.6. The van der Waals surface area contributed by atoms with Gasteiger partial charge < -0.3 is 14.4 Å². The predicted molar refractivity (Wildman–Crippen MR) is 116 cm³/mol. The molecule has 29 heavy (non-hydrogen) atoms. The van der Waals surface area contributed by atoms with Crippen molar-refractivity contribution < 1.29 is 14.3 Å². The summed E-state index contributed by atoms with van der Waals surface area (Å²) in [6.07, 6.45) is 1.18. The van der Waals surface area contributed by atoms with E-state index in [2.05, 4.69) is 13.8 Å². The van der Waals surface area contributed by atoms with Gasteiger partial charge in [-0.25, -0.2) is 0 Å². The number of piperidine rings is 1. The van der Waals surface area contributed by atoms with E-state index in [4.69, 9.17) is 14.6 Å². The van der Waals surface area contributed by atoms with Gasteiger partial charge in [-0.1, -0.05) is 13.8 Å². The third-order valence-corrected chi connectivity index (χ3v) is 6.73. The molecule has 1 aromatic carbocycles. The summed E-state index contributed by atoms with van der Waals surface area (Å²) >= 11 is 1.51. The van der Waals surface area contributed by atoms with Crippen LogP contribution < -0.4 is 9.47 Å². The van der Waals surface area contributed by atoms with Crippen molar-refractivity contribution in [2.45, 2.75) is 20.3 Å². The third kappa shape index (κ3) is 3.59. The van der Waals surface area contributed by atoms with E-state index in [1.165, 1.54) is 17.8 Å². The summed E-state index contributed by atoms with van der Waals surface area (Å²) < 4.78 is 12.6. The molecular weight excluding hydrogens is 386 g/mol. The zero-order chi connectivity index (χ0) is 20.7. The van der Waals surface area contributed by atoms with Crippen LogP contribution in [0.3, 0.4) is 0 Å². The SMILES string of the molecule is COc1ccc(-c2nn(C)c3sc(C(=O)N4C[C@H](C)C[C@H](C)C4)cc23)cc1OC. The number of hydrogen-bond donors (Lipinski definition) is 0. The van der Waals surface area contributed by atoms with E-state index < -0.39 is 0 Å². The van der Waals surface area contributed by atoms with Crippen LogP contribution in [0.15, 0.2) is 24.3 Å². The van der Waals surface area contributed by atoms with Crippen LogP contribution in [0.5, 0.6) is 11.5 Å². The Balaban J connectivity index is 1.72. The number of benzene rings is 1. The van der Waals surface area contributed by atoms with Crippen LogP contribution in [0.2, 0.25) is 0 Å². The quantitative estimate of drug-likeness (QED) is 0.635. The van der Waals surface area contributed by atoms with Crippen molar-refractivity contribution in [2.24, 2.45) is 18.9 Å². The Morgan fingerprint density at radius 1 is 1.10 bits per heavy atom. The molecule has 1 aliphatic heterocycles. The van der Waals surface area contributed by atoms with E-state index in [1.807, 2.05) is 40.9 Å². The fourth-order valence-corrected chi connectivity index (χ4v) is 5.37. The number of ether oxygens (including phenoxy) is 2. The second-order valence-corrected chi connectivity index (χ2v) is 9.06. The summed E-state index contributed by atoms with van der Waals surface area (Å²) in [6, 6.07) is 7.76. The summed E-state index contributed by atoms with van der Waals surface area (Å²) in [4.78, 5) is 16.9. The fourth-order valence-electron chi connectivity index (χ4n) is 4.33. The van der Waals surface area contributed by atoms with Gasteiger partial charge in [-0.3, -0.25) is 9.48 Å². The Morgan fingerprint density at radius 2 is 1.79 bits per heavy atom. The van der Waals surface area contributed by atoms with Gasteiger partial charge in [0.25, 0.3) is 5.91 Å². The van der Waals surface area contributed by atoms with E-state index in [0.29, 0.717) is 23.3 Å². The summed E-state index contributed by atoms with van der Waals surface area (Å²) in [6.45, 7) is 6.11. The molecule has 7 heteroatoms. The Hall–Kier alpha value is -2.54. The average molecular weight is 414 g/mol. The van der Waals surface area contributed by atoms with Crippen molar-refractivity contribution in [3.05, 3.63) is 29.1 Å². The molecule has 4 rings (SSSR count). The van der Waals surface area contributed by atoms with Crippen LogP contribution in [-0.4, -0.2) is 47.9 Å². The number of thiophene rings is 1. The molecule has 3 heterocycles. The van der Waals surface area contributed by atoms with Gasteiger partial charge >= 0.3 is 0 Å². The zero-order valence-corrected chi connectivity index (χ0v) is 18.4. The van der Waals surface area contributed by atoms with Gasteiger partial charge in [0.15, 0.2) is 11.5 Å². The minimum Gasteiger partial charge on any atom is -0.493 e. The number of fused-ring (bicyclic) bond motifs is 1. The molecule has 2 aromatic heterocycles. The molecule has 3 aromatic rings. The molecule has 0 radical (unpaired) electrons. The van der Waals surface area contributed by atoms with Gasteiger partial charge in [-0.15, -0.1) is 11.3 Å². The Morgan fingerprint density at radius 3 is 2.45 bits per heavy atom. The van der Waals surface area contributed by atoms with Crippen LogP contribution in [0.25, 0.3) is 21.5 Å². The second kappa shape index (κ2) is 7.71. The highest BCUT2D eigenvalue weighted by Gasteiger charge is 2.28. The minimum absolute atomic E-state index is 0.128. The molecule has 154 valence electrons. The van der Waals surface area contributed by atoms with E-state index in [1.54, 1.807) is 14.2 Å². The first-order valence-corrected chi connectivity index (χ1v) is 10.7. The highest BCUT2D eigenvalue weighted by molar-refractivity contribution is 7.20. The maximum Gasteiger partial charge on any atom is 0.264 e. The van der Waals surface area contributed by atoms with E-state index in [9.17, 15) is 4.79 Å². The van der Waals surface area contributed by atoms with Crippen molar-refractivity contribution >= 4 is 27.5 Å². The molecule has 0 bridgehead atoms. The van der Waals surface area contributed by atoms with Crippen molar-refractivity contribution in [1.29, 1.82) is 0 Å². The lowest BCUT2D eigenvalue weighted by molar-refractivity contribution is 0.0628. The molecule has 2 atom stereocenters. The molecule has 0 unspecified atom stereocenters. The lowest BCUT2D eigenvalue weighted by Gasteiger charge is -2.34. The molecule has 1 amide bonds. The number of likely N-dealkylation sites (tertiary alicyclic amines) is 1. The number of amides is 1. The van der Waals surface area contributed by atoms with Crippen LogP contribution >= 0.6 is 11.3 Å². The lowest BCUT2D eigenvalue weighted by Crippen LogP contribution is -2.42. The number of carbonyl (C=O) groups is 1. The average Bonchev–Trinajstić information content (AvgIpc) is 3.26. The molecule has 0 spiro atoms. The maximum atomic E-state index is 13.2. The summed E-state index contributed by atoms with van der Waals surface area (Å²) in [5.41, 5.74) is 1.78. The molecule has 1 aliphatic rings. The number of hydrogen-bond acceptors (Lipinski definition) is 5. The number of nitrogens with zero attached hydrogens (tertiary/aromatic N) is 3. The fraction of sp³-hybridized carbons (Fsp3) is 0.455. The molecular formula is C22H27N3O3S. The van der Waals surface area contributed by atoms with Crippen molar-refractivity contribution in [1.82, 2.24) is 14.7 Å². The van der Waals surface area contributed by atoms with Crippen LogP contribution in [0, 0.1) is 11.8 Å². The van der Waals surface area contributed by atoms with Crippen molar-refractivity contribution in [3.63, 3.8) is 0 Å². The van der Waals surface area contributed by atoms with Crippen LogP contribution in [-0.2, 0) is 7.05 Å². The first-order valence-electron chi connectivity index (χ1n) is 9.89. The summed E-state index contributed by atoms with van der Waals surface area (Å²) in [5.74, 6) is 2.55. The summed E-state index contributed by atoms with van der Waals surface area (Å²) in [5, 5.41) is 5.69. The van der Waals surface area contributed by atoms with Crippen molar-refractivity contribution in [2.75, 3.05) is 27.3 Å². The van der Waals surface area contributed by atoms with Gasteiger partial charge in [-0.05, 0) is 42.5 Å². The molecule has 6 nitrogen and oxygen atoms in total. The van der Waals surface area contributed by atoms with E-state index >= 15 is 0 Å². The molecule has 0 aliphatic carbocycles. The van der Waals surface area contributed by atoms with Gasteiger partial charge in [0.05, 0.1) is 19.1 Å². The Kier molecular flexibility index (Phi) is 5.25. The number of rotatable bonds is 4. The van der Waals surface area contributed by atoms with Gasteiger partial charge in [0, 0.05) is 31.1 Å². The Bertz CT molecular complexity index is 1050. The number of carbonyl (C=O) groups excluding carboxylic acids is 1. The maximum absolute atomic E-state index is 13.2. The van der Waals surface area contributed by atoms with Crippen LogP contribution in [0.1, 0.15) is 29.9 Å².